The fourth-order valence-electron chi connectivity index (χ4n) is 1.32. The summed E-state index contributed by atoms with van der Waals surface area (Å²) in [4.78, 5) is 4.21. The van der Waals surface area contributed by atoms with Gasteiger partial charge in [0.05, 0.1) is 5.69 Å². The predicted molar refractivity (Wildman–Crippen MR) is 57.0 cm³/mol. The molecule has 1 heterocycles. The number of nitrogens with two attached hydrogens (primary N) is 1. The van der Waals surface area contributed by atoms with E-state index >= 15 is 0 Å². The van der Waals surface area contributed by atoms with Crippen LogP contribution < -0.4 is 5.73 Å². The van der Waals surface area contributed by atoms with Crippen molar-refractivity contribution in [1.29, 1.82) is 0 Å². The number of aliphatic hydroxyl groups is 1. The fourth-order valence-corrected chi connectivity index (χ4v) is 1.32. The highest BCUT2D eigenvalue weighted by Crippen LogP contribution is 2.22. The van der Waals surface area contributed by atoms with E-state index in [-0.39, 0.29) is 6.61 Å². The van der Waals surface area contributed by atoms with E-state index < -0.39 is 0 Å². The van der Waals surface area contributed by atoms with Crippen LogP contribution in [-0.2, 0) is 6.61 Å². The molecule has 1 aromatic heterocycles. The topological polar surface area (TPSA) is 72.3 Å². The van der Waals surface area contributed by atoms with E-state index in [0.29, 0.717) is 23.0 Å². The molecule has 0 fully saturated rings. The van der Waals surface area contributed by atoms with Crippen LogP contribution in [0.15, 0.2) is 28.7 Å². The number of anilines is 1. The highest BCUT2D eigenvalue weighted by molar-refractivity contribution is 5.57. The van der Waals surface area contributed by atoms with Gasteiger partial charge in [-0.3, -0.25) is 0 Å². The number of nitrogens with zero attached hydrogens (tertiary/aromatic N) is 1. The van der Waals surface area contributed by atoms with Gasteiger partial charge in [0.15, 0.2) is 5.76 Å². The minimum absolute atomic E-state index is 0.131. The van der Waals surface area contributed by atoms with Crippen molar-refractivity contribution in [3.63, 3.8) is 0 Å². The normalized spacial score (nSPS) is 10.5. The van der Waals surface area contributed by atoms with Crippen molar-refractivity contribution in [2.45, 2.75) is 13.5 Å². The van der Waals surface area contributed by atoms with Crippen molar-refractivity contribution in [3.8, 4) is 11.5 Å². The zero-order valence-corrected chi connectivity index (χ0v) is 8.40. The maximum absolute atomic E-state index is 8.97. The summed E-state index contributed by atoms with van der Waals surface area (Å²) in [5.41, 5.74) is 7.84. The Balaban J connectivity index is 2.41. The lowest BCUT2D eigenvalue weighted by molar-refractivity contribution is 0.247. The third-order valence-electron chi connectivity index (χ3n) is 2.19. The summed E-state index contributed by atoms with van der Waals surface area (Å²) in [7, 11) is 0. The Morgan fingerprint density at radius 2 is 2.00 bits per heavy atom. The van der Waals surface area contributed by atoms with Crippen LogP contribution in [0.1, 0.15) is 11.5 Å². The molecule has 0 aliphatic carbocycles. The van der Waals surface area contributed by atoms with Crippen LogP contribution in [0.2, 0.25) is 0 Å². The first-order valence-electron chi connectivity index (χ1n) is 4.64. The van der Waals surface area contributed by atoms with Crippen LogP contribution in [0.3, 0.4) is 0 Å². The zero-order valence-electron chi connectivity index (χ0n) is 8.40. The molecule has 0 aliphatic heterocycles. The fraction of sp³-hybridized carbons (Fsp3) is 0.182. The lowest BCUT2D eigenvalue weighted by Crippen LogP contribution is -1.83. The van der Waals surface area contributed by atoms with E-state index in [2.05, 4.69) is 4.98 Å². The van der Waals surface area contributed by atoms with Gasteiger partial charge in [0, 0.05) is 11.3 Å². The number of hydrogen-bond donors (Lipinski definition) is 2. The van der Waals surface area contributed by atoms with Gasteiger partial charge in [-0.05, 0) is 31.2 Å². The summed E-state index contributed by atoms with van der Waals surface area (Å²) in [6.45, 7) is 1.67. The number of aryl methyl sites for hydroxylation is 1. The molecule has 2 aromatic rings. The van der Waals surface area contributed by atoms with Crippen molar-refractivity contribution in [2.75, 3.05) is 5.73 Å². The summed E-state index contributed by atoms with van der Waals surface area (Å²) >= 11 is 0. The first kappa shape index (κ1) is 9.73. The van der Waals surface area contributed by atoms with Gasteiger partial charge in [0.1, 0.15) is 6.61 Å². The quantitative estimate of drug-likeness (QED) is 0.730. The second-order valence-electron chi connectivity index (χ2n) is 3.31. The van der Waals surface area contributed by atoms with Gasteiger partial charge in [0.25, 0.3) is 0 Å². The van der Waals surface area contributed by atoms with Crippen LogP contribution in [0, 0.1) is 6.92 Å². The molecule has 0 radical (unpaired) electrons. The molecule has 3 N–H and O–H groups in total. The van der Waals surface area contributed by atoms with Crippen molar-refractivity contribution < 1.29 is 9.52 Å². The first-order valence-corrected chi connectivity index (χ1v) is 4.64. The summed E-state index contributed by atoms with van der Waals surface area (Å²) in [6.07, 6.45) is 0. The number of rotatable bonds is 2. The summed E-state index contributed by atoms with van der Waals surface area (Å²) in [5, 5.41) is 8.97. The molecule has 78 valence electrons. The van der Waals surface area contributed by atoms with Crippen molar-refractivity contribution >= 4 is 5.69 Å². The van der Waals surface area contributed by atoms with Gasteiger partial charge in [-0.2, -0.15) is 0 Å². The van der Waals surface area contributed by atoms with Gasteiger partial charge in [-0.1, -0.05) is 0 Å². The molecule has 0 bridgehead atoms. The van der Waals surface area contributed by atoms with Crippen LogP contribution in [0.5, 0.6) is 0 Å². The third kappa shape index (κ3) is 1.85. The Morgan fingerprint density at radius 3 is 2.53 bits per heavy atom. The van der Waals surface area contributed by atoms with Crippen LogP contribution in [0.4, 0.5) is 5.69 Å². The lowest BCUT2D eigenvalue weighted by atomic mass is 10.2. The number of aliphatic hydroxyl groups excluding tert-OH is 1. The molecule has 4 nitrogen and oxygen atoms in total. The molecule has 4 heteroatoms. The molecular formula is C11H12N2O2. The highest BCUT2D eigenvalue weighted by Gasteiger charge is 2.09. The minimum atomic E-state index is -0.131. The smallest absolute Gasteiger partial charge is 0.226 e. The van der Waals surface area contributed by atoms with Crippen molar-refractivity contribution in [1.82, 2.24) is 4.98 Å². The van der Waals surface area contributed by atoms with Crippen molar-refractivity contribution in [3.05, 3.63) is 35.7 Å². The summed E-state index contributed by atoms with van der Waals surface area (Å²) in [5.74, 6) is 1.01. The van der Waals surface area contributed by atoms with E-state index in [1.807, 2.05) is 12.1 Å². The van der Waals surface area contributed by atoms with Crippen LogP contribution >= 0.6 is 0 Å². The molecule has 0 unspecified atom stereocenters. The molecule has 2 rings (SSSR count). The molecule has 0 aliphatic rings. The lowest BCUT2D eigenvalue weighted by Gasteiger charge is -1.95. The average molecular weight is 204 g/mol. The molecule has 0 saturated heterocycles. The highest BCUT2D eigenvalue weighted by atomic mass is 16.4. The number of oxazole rings is 1. The first-order chi connectivity index (χ1) is 7.20. The van der Waals surface area contributed by atoms with E-state index in [9.17, 15) is 0 Å². The number of benzene rings is 1. The van der Waals surface area contributed by atoms with Gasteiger partial charge >= 0.3 is 0 Å². The Morgan fingerprint density at radius 1 is 1.33 bits per heavy atom. The van der Waals surface area contributed by atoms with Gasteiger partial charge < -0.3 is 15.3 Å². The third-order valence-corrected chi connectivity index (χ3v) is 2.19. The van der Waals surface area contributed by atoms with E-state index in [1.54, 1.807) is 19.1 Å². The molecule has 0 saturated carbocycles. The van der Waals surface area contributed by atoms with Gasteiger partial charge in [-0.15, -0.1) is 0 Å². The SMILES string of the molecule is Cc1nc(-c2ccc(N)cc2)oc1CO. The van der Waals surface area contributed by atoms with Crippen LogP contribution in [-0.4, -0.2) is 10.1 Å². The Labute approximate surface area is 87.4 Å². The van der Waals surface area contributed by atoms with Crippen molar-refractivity contribution in [2.24, 2.45) is 0 Å². The second kappa shape index (κ2) is 3.74. The average Bonchev–Trinajstić information content (AvgIpc) is 2.61. The Kier molecular flexibility index (Phi) is 2.43. The number of nitrogen functional groups attached to an aromatic ring is 1. The minimum Gasteiger partial charge on any atom is -0.438 e. The summed E-state index contributed by atoms with van der Waals surface area (Å²) < 4.78 is 5.39. The summed E-state index contributed by atoms with van der Waals surface area (Å²) in [6, 6.07) is 7.24. The largest absolute Gasteiger partial charge is 0.438 e. The number of hydrogen-bond acceptors (Lipinski definition) is 4. The standard InChI is InChI=1S/C11H12N2O2/c1-7-10(6-14)15-11(13-7)8-2-4-9(12)5-3-8/h2-5,14H,6,12H2,1H3. The second-order valence-corrected chi connectivity index (χ2v) is 3.31. The monoisotopic (exact) mass is 204 g/mol. The van der Waals surface area contributed by atoms with E-state index in [1.165, 1.54) is 0 Å². The molecule has 0 spiro atoms. The Hall–Kier alpha value is -1.81. The van der Waals surface area contributed by atoms with Gasteiger partial charge in [0.2, 0.25) is 5.89 Å². The van der Waals surface area contributed by atoms with Crippen LogP contribution in [0.25, 0.3) is 11.5 Å². The maximum Gasteiger partial charge on any atom is 0.226 e. The molecular weight excluding hydrogens is 192 g/mol. The molecule has 0 atom stereocenters. The molecule has 0 amide bonds. The molecule has 15 heavy (non-hydrogen) atoms. The van der Waals surface area contributed by atoms with E-state index in [0.717, 1.165) is 5.56 Å². The number of aromatic nitrogens is 1. The Bertz CT molecular complexity index is 460. The van der Waals surface area contributed by atoms with Gasteiger partial charge in [-0.25, -0.2) is 4.98 Å². The maximum atomic E-state index is 8.97. The zero-order chi connectivity index (χ0) is 10.8. The predicted octanol–water partition coefficient (Wildman–Crippen LogP) is 1.72. The molecule has 1 aromatic carbocycles. The van der Waals surface area contributed by atoms with E-state index in [4.69, 9.17) is 15.3 Å².